The number of hydrogen-bond donors (Lipinski definition) is 13. The Balaban J connectivity index is 1.21. The Bertz CT molecular complexity index is 1850. The van der Waals surface area contributed by atoms with Gasteiger partial charge in [0.1, 0.15) is 89.6 Å². The van der Waals surface area contributed by atoms with Gasteiger partial charge in [-0.1, -0.05) is 0 Å². The molecule has 6 rings (SSSR count). The quantitative estimate of drug-likeness (QED) is 0.0925. The van der Waals surface area contributed by atoms with Crippen molar-refractivity contribution in [3.05, 3.63) is 40.6 Å². The maximum atomic E-state index is 13.7. The third-order valence-corrected chi connectivity index (χ3v) is 9.42. The molecule has 2 aromatic carbocycles. The van der Waals surface area contributed by atoms with Crippen LogP contribution in [-0.4, -0.2) is 172 Å². The zero-order valence-electron chi connectivity index (χ0n) is 28.0. The lowest BCUT2D eigenvalue weighted by molar-refractivity contribution is -0.375. The maximum absolute atomic E-state index is 13.7. The first-order valence-corrected chi connectivity index (χ1v) is 16.5. The molecule has 0 amide bonds. The average Bonchev–Trinajstić information content (AvgIpc) is 3.13. The summed E-state index contributed by atoms with van der Waals surface area (Å²) in [6, 6.07) is 5.20. The van der Waals surface area contributed by atoms with Gasteiger partial charge >= 0.3 is 0 Å². The summed E-state index contributed by atoms with van der Waals surface area (Å²) in [6.45, 7) is -0.326. The number of benzene rings is 2. The molecule has 13 N–H and O–H groups in total. The lowest BCUT2D eigenvalue weighted by Gasteiger charge is -2.47. The molecule has 3 aliphatic heterocycles. The van der Waals surface area contributed by atoms with Crippen LogP contribution in [0.2, 0.25) is 0 Å². The summed E-state index contributed by atoms with van der Waals surface area (Å²) in [5, 5.41) is 134. The monoisotopic (exact) mass is 772 g/mol. The van der Waals surface area contributed by atoms with Crippen LogP contribution in [0.3, 0.4) is 0 Å². The average molecular weight is 773 g/mol. The predicted octanol–water partition coefficient (Wildman–Crippen LogP) is -3.86. The third kappa shape index (κ3) is 7.27. The summed E-state index contributed by atoms with van der Waals surface area (Å²) in [5.74, 6) is -3.41. The normalized spacial score (nSPS) is 37.3. The molecule has 0 bridgehead atoms. The predicted molar refractivity (Wildman–Crippen MR) is 173 cm³/mol. The van der Waals surface area contributed by atoms with Gasteiger partial charge in [0.2, 0.25) is 17.5 Å². The molecule has 4 heterocycles. The van der Waals surface area contributed by atoms with E-state index in [1.54, 1.807) is 0 Å². The van der Waals surface area contributed by atoms with Crippen LogP contribution in [0.1, 0.15) is 6.92 Å². The summed E-state index contributed by atoms with van der Waals surface area (Å²) in [6.07, 6.45) is -26.2. The Kier molecular flexibility index (Phi) is 11.5. The third-order valence-electron chi connectivity index (χ3n) is 9.42. The summed E-state index contributed by atoms with van der Waals surface area (Å²) in [4.78, 5) is 13.7. The molecule has 3 saturated heterocycles. The Morgan fingerprint density at radius 3 is 1.87 bits per heavy atom. The van der Waals surface area contributed by atoms with Gasteiger partial charge in [-0.05, 0) is 25.1 Å². The minimum atomic E-state index is -2.03. The smallest absolute Gasteiger partial charge is 0.239 e. The topological polar surface area (TPSA) is 349 Å². The van der Waals surface area contributed by atoms with Crippen LogP contribution in [0.4, 0.5) is 0 Å². The lowest BCUT2D eigenvalue weighted by Crippen LogP contribution is -2.66. The van der Waals surface area contributed by atoms with E-state index in [4.69, 9.17) is 32.8 Å². The van der Waals surface area contributed by atoms with Gasteiger partial charge < -0.3 is 99.2 Å². The highest BCUT2D eigenvalue weighted by Gasteiger charge is 2.53. The van der Waals surface area contributed by atoms with Crippen molar-refractivity contribution < 1.29 is 99.2 Å². The van der Waals surface area contributed by atoms with E-state index < -0.39 is 151 Å². The van der Waals surface area contributed by atoms with Crippen molar-refractivity contribution in [1.29, 1.82) is 0 Å². The minimum Gasteiger partial charge on any atom is -0.508 e. The number of hydrogen-bond acceptors (Lipinski definition) is 21. The Hall–Kier alpha value is -3.91. The summed E-state index contributed by atoms with van der Waals surface area (Å²) in [7, 11) is 0. The highest BCUT2D eigenvalue weighted by molar-refractivity contribution is 5.88. The van der Waals surface area contributed by atoms with Gasteiger partial charge in [0.15, 0.2) is 29.8 Å². The van der Waals surface area contributed by atoms with E-state index in [0.29, 0.717) is 0 Å². The zero-order valence-corrected chi connectivity index (χ0v) is 28.0. The first-order valence-electron chi connectivity index (χ1n) is 16.5. The van der Waals surface area contributed by atoms with Crippen LogP contribution in [0, 0.1) is 0 Å². The number of phenols is 4. The highest BCUT2D eigenvalue weighted by atomic mass is 16.8. The summed E-state index contributed by atoms with van der Waals surface area (Å²) in [5.41, 5.74) is -1.39. The molecular weight excluding hydrogens is 732 g/mol. The Morgan fingerprint density at radius 1 is 0.630 bits per heavy atom. The second kappa shape index (κ2) is 15.7. The first-order chi connectivity index (χ1) is 25.6. The van der Waals surface area contributed by atoms with Gasteiger partial charge in [-0.3, -0.25) is 4.79 Å². The van der Waals surface area contributed by atoms with Crippen LogP contribution in [0.25, 0.3) is 22.3 Å². The molecule has 0 saturated carbocycles. The van der Waals surface area contributed by atoms with E-state index in [2.05, 4.69) is 0 Å². The van der Waals surface area contributed by atoms with E-state index >= 15 is 0 Å². The van der Waals surface area contributed by atoms with Crippen molar-refractivity contribution in [1.82, 2.24) is 0 Å². The largest absolute Gasteiger partial charge is 0.508 e. The van der Waals surface area contributed by atoms with Crippen LogP contribution in [0.5, 0.6) is 28.7 Å². The van der Waals surface area contributed by atoms with Crippen LogP contribution in [-0.2, 0) is 23.7 Å². The Labute approximate surface area is 303 Å². The van der Waals surface area contributed by atoms with E-state index in [1.165, 1.54) is 13.0 Å². The molecule has 15 atom stereocenters. The molecule has 3 aliphatic rings. The lowest BCUT2D eigenvalue weighted by atomic mass is 9.96. The number of aliphatic hydroxyl groups is 9. The van der Waals surface area contributed by atoms with Gasteiger partial charge in [-0.15, -0.1) is 0 Å². The number of fused-ring (bicyclic) bond motifs is 1. The van der Waals surface area contributed by atoms with Crippen molar-refractivity contribution in [2.24, 2.45) is 0 Å². The SMILES string of the molecule is CC1OC(Oc2c(-c3ccc(O)c(O)c3)oc3cc(O)cc(O)c3c2=O)C(O)C(O)C1OC1OC(CO)C(OC2OC(CO)C(O)C(O)C2O)C(O)C1O. The molecule has 54 heavy (non-hydrogen) atoms. The maximum Gasteiger partial charge on any atom is 0.239 e. The highest BCUT2D eigenvalue weighted by Crippen LogP contribution is 2.40. The summed E-state index contributed by atoms with van der Waals surface area (Å²) >= 11 is 0. The van der Waals surface area contributed by atoms with Crippen LogP contribution < -0.4 is 10.2 Å². The fraction of sp³-hybridized carbons (Fsp3) is 0.545. The molecule has 0 aliphatic carbocycles. The van der Waals surface area contributed by atoms with Crippen molar-refractivity contribution >= 4 is 11.0 Å². The van der Waals surface area contributed by atoms with Gasteiger partial charge in [-0.25, -0.2) is 0 Å². The number of phenolic OH excluding ortho intramolecular Hbond substituents is 4. The van der Waals surface area contributed by atoms with Crippen molar-refractivity contribution in [2.75, 3.05) is 13.2 Å². The molecule has 3 aromatic rings. The van der Waals surface area contributed by atoms with Crippen molar-refractivity contribution in [3.63, 3.8) is 0 Å². The molecule has 21 nitrogen and oxygen atoms in total. The standard InChI is InChI=1S/C33H40O21/c1-9-27(52-33-26(47)23(44)29(17(8-35)51-33)53-32-24(45)21(42)19(40)16(7-34)50-32)22(43)25(46)31(48-9)54-30-20(41)18-14(39)5-11(36)6-15(18)49-28(30)10-2-3-12(37)13(38)4-10/h2-6,9,16-17,19,21-27,29,31-40,42-47H,7-8H2,1H3. The van der Waals surface area contributed by atoms with E-state index in [1.807, 2.05) is 0 Å². The number of aromatic hydroxyl groups is 4. The molecule has 298 valence electrons. The fourth-order valence-electron chi connectivity index (χ4n) is 6.46. The minimum absolute atomic E-state index is 0.0449. The molecule has 1 aromatic heterocycles. The van der Waals surface area contributed by atoms with E-state index in [-0.39, 0.29) is 11.1 Å². The number of rotatable bonds is 9. The van der Waals surface area contributed by atoms with Crippen molar-refractivity contribution in [3.8, 4) is 40.1 Å². The van der Waals surface area contributed by atoms with E-state index in [0.717, 1.165) is 24.3 Å². The zero-order chi connectivity index (χ0) is 39.3. The fourth-order valence-corrected chi connectivity index (χ4v) is 6.46. The molecule has 21 heteroatoms. The molecule has 3 fully saturated rings. The molecule has 0 spiro atoms. The molecule has 15 unspecified atom stereocenters. The molecular formula is C33H40O21. The molecule has 0 radical (unpaired) electrons. The number of aliphatic hydroxyl groups excluding tert-OH is 9. The second-order valence-corrected chi connectivity index (χ2v) is 13.0. The number of ether oxygens (including phenoxy) is 6. The van der Waals surface area contributed by atoms with Crippen molar-refractivity contribution in [2.45, 2.75) is 99.0 Å². The van der Waals surface area contributed by atoms with Gasteiger partial charge in [0.25, 0.3) is 0 Å². The van der Waals surface area contributed by atoms with Crippen LogP contribution >= 0.6 is 0 Å². The van der Waals surface area contributed by atoms with E-state index in [9.17, 15) is 71.2 Å². The first kappa shape index (κ1) is 39.8. The Morgan fingerprint density at radius 2 is 1.22 bits per heavy atom. The van der Waals surface area contributed by atoms with Gasteiger partial charge in [-0.2, -0.15) is 0 Å². The second-order valence-electron chi connectivity index (χ2n) is 13.0. The van der Waals surface area contributed by atoms with Gasteiger partial charge in [0, 0.05) is 17.7 Å². The van der Waals surface area contributed by atoms with Gasteiger partial charge in [0.05, 0.1) is 19.3 Å². The summed E-state index contributed by atoms with van der Waals surface area (Å²) < 4.78 is 39.4. The van der Waals surface area contributed by atoms with Crippen LogP contribution in [0.15, 0.2) is 39.5 Å².